The van der Waals surface area contributed by atoms with E-state index in [1.54, 1.807) is 0 Å². The lowest BCUT2D eigenvalue weighted by Gasteiger charge is -2.18. The summed E-state index contributed by atoms with van der Waals surface area (Å²) in [5, 5.41) is 0. The summed E-state index contributed by atoms with van der Waals surface area (Å²) in [5.41, 5.74) is 0. The number of hydrogen-bond acceptors (Lipinski definition) is 6. The molecule has 6 nitrogen and oxygen atoms in total. The molecule has 0 aromatic carbocycles. The van der Waals surface area contributed by atoms with Crippen LogP contribution in [0.5, 0.6) is 0 Å². The van der Waals surface area contributed by atoms with Crippen LogP contribution in [0.2, 0.25) is 0 Å². The molecule has 1 atom stereocenters. The predicted molar refractivity (Wildman–Crippen MR) is 353 cm³/mol. The largest absolute Gasteiger partial charge is 0.462 e. The van der Waals surface area contributed by atoms with Gasteiger partial charge in [-0.2, -0.15) is 0 Å². The average Bonchev–Trinajstić information content (AvgIpc) is 3.47. The van der Waals surface area contributed by atoms with Gasteiger partial charge in [0.2, 0.25) is 0 Å². The second-order valence-corrected chi connectivity index (χ2v) is 24.9. The maximum absolute atomic E-state index is 12.9. The summed E-state index contributed by atoms with van der Waals surface area (Å²) in [4.78, 5) is 38.4. The van der Waals surface area contributed by atoms with Crippen LogP contribution in [0.15, 0.2) is 36.5 Å². The minimum absolute atomic E-state index is 0.0689. The van der Waals surface area contributed by atoms with Crippen LogP contribution in [0.1, 0.15) is 406 Å². The number of hydrogen-bond donors (Lipinski definition) is 0. The molecule has 0 saturated heterocycles. The van der Waals surface area contributed by atoms with Crippen molar-refractivity contribution in [2.45, 2.75) is 412 Å². The second kappa shape index (κ2) is 70.1. The summed E-state index contributed by atoms with van der Waals surface area (Å²) in [5.74, 6) is -0.847. The van der Waals surface area contributed by atoms with E-state index in [-0.39, 0.29) is 31.1 Å². The molecule has 0 aliphatic heterocycles. The molecular formula is C75H140O6. The normalized spacial score (nSPS) is 12.2. The Hall–Kier alpha value is -2.37. The van der Waals surface area contributed by atoms with E-state index >= 15 is 0 Å². The Balaban J connectivity index is 4.11. The SMILES string of the molecule is CCCCCCC/C=C\C/C=C\CCCCCCCCCCCCCCCCCCCCCCCC(=O)OCC(COC(=O)CCCCCCCCCCCCCCCCC)OC(=O)CCCCCCC/C=C\CCCCCCCC. The molecular weight excluding hydrogens is 997 g/mol. The molecule has 6 heteroatoms. The molecule has 0 aromatic heterocycles. The number of esters is 3. The van der Waals surface area contributed by atoms with Crippen molar-refractivity contribution in [3.8, 4) is 0 Å². The van der Waals surface area contributed by atoms with Crippen molar-refractivity contribution in [1.82, 2.24) is 0 Å². The van der Waals surface area contributed by atoms with Gasteiger partial charge in [-0.3, -0.25) is 14.4 Å². The van der Waals surface area contributed by atoms with Gasteiger partial charge in [-0.25, -0.2) is 0 Å². The quantitative estimate of drug-likeness (QED) is 0.0261. The van der Waals surface area contributed by atoms with Crippen molar-refractivity contribution >= 4 is 17.9 Å². The van der Waals surface area contributed by atoms with Crippen molar-refractivity contribution in [3.63, 3.8) is 0 Å². The standard InChI is InChI=1S/C75H140O6/c1-4-7-10-13-16-19-22-25-28-29-30-31-32-33-34-35-36-37-38-39-40-41-42-43-44-45-48-50-53-56-59-62-65-68-74(77)80-71-72(81-75(78)69-66-63-60-57-54-51-47-27-24-21-18-15-12-9-6-3)70-79-73(76)67-64-61-58-55-52-49-46-26-23-20-17-14-11-8-5-2/h22,25,27,29-30,47,72H,4-21,23-24,26,28,31-46,48-71H2,1-3H3/b25-22-,30-29-,47-27-. The van der Waals surface area contributed by atoms with Crippen LogP contribution in [0.3, 0.4) is 0 Å². The van der Waals surface area contributed by atoms with Gasteiger partial charge in [-0.15, -0.1) is 0 Å². The highest BCUT2D eigenvalue weighted by atomic mass is 16.6. The molecule has 0 radical (unpaired) electrons. The Labute approximate surface area is 506 Å². The topological polar surface area (TPSA) is 78.9 Å². The molecule has 0 amide bonds. The number of rotatable bonds is 68. The molecule has 0 heterocycles. The van der Waals surface area contributed by atoms with Crippen molar-refractivity contribution in [2.75, 3.05) is 13.2 Å². The highest BCUT2D eigenvalue weighted by Gasteiger charge is 2.19. The van der Waals surface area contributed by atoms with Gasteiger partial charge >= 0.3 is 17.9 Å². The number of carbonyl (C=O) groups is 3. The second-order valence-electron chi connectivity index (χ2n) is 24.9. The van der Waals surface area contributed by atoms with Crippen LogP contribution < -0.4 is 0 Å². The zero-order valence-corrected chi connectivity index (χ0v) is 54.8. The maximum atomic E-state index is 12.9. The van der Waals surface area contributed by atoms with E-state index in [9.17, 15) is 14.4 Å². The van der Waals surface area contributed by atoms with Gasteiger partial charge in [0.15, 0.2) is 6.10 Å². The third-order valence-electron chi connectivity index (χ3n) is 16.6. The molecule has 0 aromatic rings. The maximum Gasteiger partial charge on any atom is 0.306 e. The lowest BCUT2D eigenvalue weighted by Crippen LogP contribution is -2.30. The van der Waals surface area contributed by atoms with Crippen molar-refractivity contribution in [3.05, 3.63) is 36.5 Å². The van der Waals surface area contributed by atoms with Gasteiger partial charge in [0, 0.05) is 19.3 Å². The van der Waals surface area contributed by atoms with Crippen LogP contribution in [-0.4, -0.2) is 37.2 Å². The van der Waals surface area contributed by atoms with Crippen LogP contribution in [0, 0.1) is 0 Å². The van der Waals surface area contributed by atoms with Gasteiger partial charge in [-0.05, 0) is 77.0 Å². The molecule has 1 unspecified atom stereocenters. The Bertz CT molecular complexity index is 1350. The Morgan fingerprint density at radius 1 is 0.247 bits per heavy atom. The molecule has 0 rings (SSSR count). The third-order valence-corrected chi connectivity index (χ3v) is 16.6. The Morgan fingerprint density at radius 2 is 0.444 bits per heavy atom. The van der Waals surface area contributed by atoms with Crippen LogP contribution in [0.4, 0.5) is 0 Å². The van der Waals surface area contributed by atoms with E-state index in [0.717, 1.165) is 70.6 Å². The van der Waals surface area contributed by atoms with Gasteiger partial charge in [0.05, 0.1) is 0 Å². The Kier molecular flexibility index (Phi) is 68.1. The molecule has 81 heavy (non-hydrogen) atoms. The predicted octanol–water partition coefficient (Wildman–Crippen LogP) is 25.1. The first kappa shape index (κ1) is 78.6. The smallest absolute Gasteiger partial charge is 0.306 e. The first-order chi connectivity index (χ1) is 40.0. The summed E-state index contributed by atoms with van der Waals surface area (Å²) in [6.07, 6.45) is 87.6. The summed E-state index contributed by atoms with van der Waals surface area (Å²) < 4.78 is 17.0. The van der Waals surface area contributed by atoms with Gasteiger partial charge < -0.3 is 14.2 Å². The van der Waals surface area contributed by atoms with Crippen LogP contribution >= 0.6 is 0 Å². The minimum Gasteiger partial charge on any atom is -0.462 e. The van der Waals surface area contributed by atoms with Crippen LogP contribution in [-0.2, 0) is 28.6 Å². The van der Waals surface area contributed by atoms with Crippen molar-refractivity contribution in [1.29, 1.82) is 0 Å². The molecule has 0 saturated carbocycles. The van der Waals surface area contributed by atoms with E-state index in [2.05, 4.69) is 57.2 Å². The van der Waals surface area contributed by atoms with E-state index in [1.165, 1.54) is 295 Å². The first-order valence-electron chi connectivity index (χ1n) is 36.5. The zero-order chi connectivity index (χ0) is 58.5. The third kappa shape index (κ3) is 68.3. The molecule has 0 fully saturated rings. The highest BCUT2D eigenvalue weighted by molar-refractivity contribution is 5.71. The molecule has 0 aliphatic rings. The molecule has 0 aliphatic carbocycles. The minimum atomic E-state index is -0.773. The van der Waals surface area contributed by atoms with Crippen LogP contribution in [0.25, 0.3) is 0 Å². The number of unbranched alkanes of at least 4 members (excludes halogenated alkanes) is 51. The summed E-state index contributed by atoms with van der Waals surface area (Å²) in [6, 6.07) is 0. The van der Waals surface area contributed by atoms with E-state index in [4.69, 9.17) is 14.2 Å². The van der Waals surface area contributed by atoms with E-state index in [1.807, 2.05) is 0 Å². The fraction of sp³-hybridized carbons (Fsp3) is 0.880. The molecule has 0 bridgehead atoms. The van der Waals surface area contributed by atoms with Gasteiger partial charge in [-0.1, -0.05) is 346 Å². The van der Waals surface area contributed by atoms with Gasteiger partial charge in [0.25, 0.3) is 0 Å². The summed E-state index contributed by atoms with van der Waals surface area (Å²) in [7, 11) is 0. The molecule has 476 valence electrons. The number of ether oxygens (including phenoxy) is 3. The summed E-state index contributed by atoms with van der Waals surface area (Å²) in [6.45, 7) is 6.69. The first-order valence-corrected chi connectivity index (χ1v) is 36.5. The Morgan fingerprint density at radius 3 is 0.691 bits per heavy atom. The van der Waals surface area contributed by atoms with Crippen molar-refractivity contribution in [2.24, 2.45) is 0 Å². The lowest BCUT2D eigenvalue weighted by molar-refractivity contribution is -0.167. The highest BCUT2D eigenvalue weighted by Crippen LogP contribution is 2.19. The van der Waals surface area contributed by atoms with E-state index < -0.39 is 6.10 Å². The van der Waals surface area contributed by atoms with Crippen molar-refractivity contribution < 1.29 is 28.6 Å². The fourth-order valence-electron chi connectivity index (χ4n) is 11.1. The monoisotopic (exact) mass is 1140 g/mol. The van der Waals surface area contributed by atoms with E-state index in [0.29, 0.717) is 19.3 Å². The molecule has 0 spiro atoms. The summed E-state index contributed by atoms with van der Waals surface area (Å²) >= 11 is 0. The van der Waals surface area contributed by atoms with Gasteiger partial charge in [0.1, 0.15) is 13.2 Å². The number of carbonyl (C=O) groups excluding carboxylic acids is 3. The zero-order valence-electron chi connectivity index (χ0n) is 54.8. The average molecular weight is 1140 g/mol. The number of allylic oxidation sites excluding steroid dienone is 6. The molecule has 0 N–H and O–H groups in total. The lowest BCUT2D eigenvalue weighted by atomic mass is 10.0. The fourth-order valence-corrected chi connectivity index (χ4v) is 11.1.